The number of nitrogens with one attached hydrogen (secondary N) is 1. The second kappa shape index (κ2) is 4.82. The molecule has 2 heterocycles. The molecule has 86 valence electrons. The third kappa shape index (κ3) is 2.15. The predicted molar refractivity (Wildman–Crippen MR) is 72.1 cm³/mol. The molecule has 5 nitrogen and oxygen atoms in total. The molecule has 0 saturated heterocycles. The monoisotopic (exact) mass is 395 g/mol. The Labute approximate surface area is 115 Å². The number of nitrogens with zero attached hydrogens (tertiary/aromatic N) is 4. The molecular formula is C9H11BrIN5. The molecular weight excluding hydrogens is 385 g/mol. The van der Waals surface area contributed by atoms with Crippen LogP contribution in [0.15, 0.2) is 10.8 Å². The normalized spacial score (nSPS) is 13.0. The number of rotatable bonds is 3. The smallest absolute Gasteiger partial charge is 0.147 e. The van der Waals surface area contributed by atoms with Gasteiger partial charge in [-0.15, -0.1) is 5.10 Å². The van der Waals surface area contributed by atoms with Crippen LogP contribution < -0.4 is 0 Å². The van der Waals surface area contributed by atoms with Crippen LogP contribution in [0.3, 0.4) is 0 Å². The van der Waals surface area contributed by atoms with E-state index in [1.165, 1.54) is 0 Å². The van der Waals surface area contributed by atoms with Gasteiger partial charge in [-0.2, -0.15) is 15.0 Å². The molecule has 2 aromatic heterocycles. The molecule has 7 heteroatoms. The lowest BCUT2D eigenvalue weighted by atomic mass is 9.97. The first-order valence-corrected chi connectivity index (χ1v) is 6.76. The largest absolute Gasteiger partial charge is 0.271 e. The van der Waals surface area contributed by atoms with Crippen LogP contribution in [0.2, 0.25) is 0 Å². The Kier molecular flexibility index (Phi) is 3.63. The van der Waals surface area contributed by atoms with Crippen LogP contribution in [0.5, 0.6) is 0 Å². The van der Waals surface area contributed by atoms with Crippen LogP contribution >= 0.6 is 38.5 Å². The molecule has 0 aliphatic heterocycles. The molecule has 0 bridgehead atoms. The lowest BCUT2D eigenvalue weighted by molar-refractivity contribution is 0.629. The van der Waals surface area contributed by atoms with Gasteiger partial charge in [0.05, 0.1) is 6.20 Å². The molecule has 0 amide bonds. The molecule has 0 saturated carbocycles. The fraction of sp³-hybridized carbons (Fsp3) is 0.444. The highest BCUT2D eigenvalue weighted by molar-refractivity contribution is 14.1. The summed E-state index contributed by atoms with van der Waals surface area (Å²) in [5, 5.41) is 15.6. The van der Waals surface area contributed by atoms with Gasteiger partial charge in [0, 0.05) is 18.5 Å². The van der Waals surface area contributed by atoms with Crippen LogP contribution in [-0.2, 0) is 7.05 Å². The van der Waals surface area contributed by atoms with E-state index >= 15 is 0 Å². The minimum atomic E-state index is 0.230. The number of hydrogen-bond donors (Lipinski definition) is 1. The first-order chi connectivity index (χ1) is 7.63. The van der Waals surface area contributed by atoms with Gasteiger partial charge in [-0.1, -0.05) is 6.92 Å². The predicted octanol–water partition coefficient (Wildman–Crippen LogP) is 2.45. The van der Waals surface area contributed by atoms with E-state index in [4.69, 9.17) is 0 Å². The number of hydrogen-bond acceptors (Lipinski definition) is 3. The van der Waals surface area contributed by atoms with Crippen molar-refractivity contribution in [2.24, 2.45) is 7.05 Å². The highest BCUT2D eigenvalue weighted by Crippen LogP contribution is 2.32. The quantitative estimate of drug-likeness (QED) is 0.812. The van der Waals surface area contributed by atoms with Gasteiger partial charge in [0.15, 0.2) is 0 Å². The number of halogens is 2. The fourth-order valence-electron chi connectivity index (χ4n) is 1.69. The Bertz CT molecular complexity index is 492. The van der Waals surface area contributed by atoms with E-state index in [2.05, 4.69) is 65.8 Å². The van der Waals surface area contributed by atoms with Crippen molar-refractivity contribution in [1.82, 2.24) is 25.2 Å². The maximum atomic E-state index is 4.41. The summed E-state index contributed by atoms with van der Waals surface area (Å²) in [5.41, 5.74) is 2.13. The van der Waals surface area contributed by atoms with Gasteiger partial charge in [-0.05, 0) is 44.9 Å². The van der Waals surface area contributed by atoms with Crippen molar-refractivity contribution in [1.29, 1.82) is 0 Å². The van der Waals surface area contributed by atoms with E-state index in [0.717, 1.165) is 26.0 Å². The molecule has 1 unspecified atom stereocenters. The second-order valence-corrected chi connectivity index (χ2v) is 5.28. The van der Waals surface area contributed by atoms with Crippen molar-refractivity contribution in [3.05, 3.63) is 25.8 Å². The van der Waals surface area contributed by atoms with Crippen LogP contribution in [0.1, 0.15) is 30.5 Å². The summed E-state index contributed by atoms with van der Waals surface area (Å²) < 4.78 is 1.86. The Balaban J connectivity index is 2.44. The van der Waals surface area contributed by atoms with Gasteiger partial charge in [0.25, 0.3) is 0 Å². The van der Waals surface area contributed by atoms with Crippen molar-refractivity contribution < 1.29 is 0 Å². The van der Waals surface area contributed by atoms with Crippen molar-refractivity contribution >= 4 is 38.5 Å². The zero-order valence-corrected chi connectivity index (χ0v) is 12.7. The minimum absolute atomic E-state index is 0.230. The van der Waals surface area contributed by atoms with Gasteiger partial charge in [0.1, 0.15) is 14.0 Å². The summed E-state index contributed by atoms with van der Waals surface area (Å²) in [6, 6.07) is 0. The van der Waals surface area contributed by atoms with Crippen LogP contribution in [-0.4, -0.2) is 25.2 Å². The summed E-state index contributed by atoms with van der Waals surface area (Å²) in [6.45, 7) is 2.13. The second-order valence-electron chi connectivity index (χ2n) is 3.47. The number of aromatic nitrogens is 5. The van der Waals surface area contributed by atoms with E-state index in [-0.39, 0.29) is 5.92 Å². The third-order valence-electron chi connectivity index (χ3n) is 2.43. The minimum Gasteiger partial charge on any atom is -0.271 e. The van der Waals surface area contributed by atoms with Crippen molar-refractivity contribution in [3.63, 3.8) is 0 Å². The average molecular weight is 396 g/mol. The molecule has 2 aromatic rings. The summed E-state index contributed by atoms with van der Waals surface area (Å²) in [5.74, 6) is 0.230. The molecule has 0 aliphatic rings. The molecule has 1 N–H and O–H groups in total. The maximum Gasteiger partial charge on any atom is 0.147 e. The van der Waals surface area contributed by atoms with E-state index in [1.54, 1.807) is 4.80 Å². The van der Waals surface area contributed by atoms with Gasteiger partial charge >= 0.3 is 0 Å². The SMILES string of the molecule is CCC(c1cn[nH]c1Br)c1nn(C)nc1I. The molecule has 2 rings (SSSR count). The number of H-pyrrole nitrogens is 1. The molecule has 0 radical (unpaired) electrons. The van der Waals surface area contributed by atoms with Gasteiger partial charge in [-0.3, -0.25) is 5.10 Å². The van der Waals surface area contributed by atoms with E-state index in [1.807, 2.05) is 13.2 Å². The number of aromatic amines is 1. The zero-order valence-electron chi connectivity index (χ0n) is 8.91. The lowest BCUT2D eigenvalue weighted by Crippen LogP contribution is -2.03. The Morgan fingerprint density at radius 1 is 1.56 bits per heavy atom. The van der Waals surface area contributed by atoms with E-state index in [0.29, 0.717) is 0 Å². The molecule has 1 atom stereocenters. The molecule has 16 heavy (non-hydrogen) atoms. The van der Waals surface area contributed by atoms with E-state index < -0.39 is 0 Å². The van der Waals surface area contributed by atoms with Gasteiger partial charge in [-0.25, -0.2) is 0 Å². The lowest BCUT2D eigenvalue weighted by Gasteiger charge is -2.10. The van der Waals surface area contributed by atoms with E-state index in [9.17, 15) is 0 Å². The molecule has 0 fully saturated rings. The Morgan fingerprint density at radius 3 is 2.75 bits per heavy atom. The highest BCUT2D eigenvalue weighted by atomic mass is 127. The Hall–Kier alpha value is -0.440. The average Bonchev–Trinajstić information content (AvgIpc) is 2.77. The topological polar surface area (TPSA) is 59.4 Å². The Morgan fingerprint density at radius 2 is 2.31 bits per heavy atom. The first kappa shape index (κ1) is 12.0. The van der Waals surface area contributed by atoms with Crippen LogP contribution in [0, 0.1) is 3.70 Å². The van der Waals surface area contributed by atoms with Gasteiger partial charge < -0.3 is 0 Å². The molecule has 0 aliphatic carbocycles. The summed E-state index contributed by atoms with van der Waals surface area (Å²) in [6.07, 6.45) is 2.80. The van der Waals surface area contributed by atoms with Crippen molar-refractivity contribution in [2.75, 3.05) is 0 Å². The first-order valence-electron chi connectivity index (χ1n) is 4.89. The summed E-state index contributed by atoms with van der Waals surface area (Å²) in [7, 11) is 1.84. The van der Waals surface area contributed by atoms with Crippen molar-refractivity contribution in [3.8, 4) is 0 Å². The molecule has 0 spiro atoms. The van der Waals surface area contributed by atoms with Crippen molar-refractivity contribution in [2.45, 2.75) is 19.3 Å². The third-order valence-corrected chi connectivity index (χ3v) is 3.83. The maximum absolute atomic E-state index is 4.41. The van der Waals surface area contributed by atoms with Gasteiger partial charge in [0.2, 0.25) is 0 Å². The fourth-order valence-corrected chi connectivity index (χ4v) is 2.97. The summed E-state index contributed by atoms with van der Waals surface area (Å²) >= 11 is 5.68. The summed E-state index contributed by atoms with van der Waals surface area (Å²) in [4.78, 5) is 1.60. The van der Waals surface area contributed by atoms with Crippen LogP contribution in [0.25, 0.3) is 0 Å². The number of aryl methyl sites for hydroxylation is 1. The molecule has 0 aromatic carbocycles. The highest BCUT2D eigenvalue weighted by Gasteiger charge is 2.22. The standard InChI is InChI=1S/C9H11BrIN5/c1-3-5(6-4-12-13-8(6)10)7-9(11)15-16(2)14-7/h4-5H,3H2,1-2H3,(H,12,13). The van der Waals surface area contributed by atoms with Crippen LogP contribution in [0.4, 0.5) is 0 Å². The zero-order chi connectivity index (χ0) is 11.7.